The van der Waals surface area contributed by atoms with Crippen molar-refractivity contribution in [1.29, 1.82) is 0 Å². The monoisotopic (exact) mass is 413 g/mol. The van der Waals surface area contributed by atoms with Crippen molar-refractivity contribution in [2.75, 3.05) is 39.3 Å². The number of hydrogen-bond donors (Lipinski definition) is 0. The van der Waals surface area contributed by atoms with Crippen LogP contribution in [-0.2, 0) is 4.79 Å². The Morgan fingerprint density at radius 1 is 0.733 bits per heavy atom. The van der Waals surface area contributed by atoms with E-state index in [1.54, 1.807) is 24.3 Å². The maximum absolute atomic E-state index is 13.5. The summed E-state index contributed by atoms with van der Waals surface area (Å²) in [5.41, 5.74) is 1.97. The molecule has 2 heterocycles. The summed E-state index contributed by atoms with van der Waals surface area (Å²) >= 11 is 0. The predicted octanol–water partition coefficient (Wildman–Crippen LogP) is 3.68. The second-order valence-corrected chi connectivity index (χ2v) is 8.29. The number of nitrogens with zero attached hydrogens (tertiary/aromatic N) is 3. The van der Waals surface area contributed by atoms with E-state index in [1.807, 2.05) is 11.8 Å². The Bertz CT molecular complexity index is 796. The topological polar surface area (TPSA) is 26.8 Å². The van der Waals surface area contributed by atoms with Crippen LogP contribution in [0.3, 0.4) is 0 Å². The van der Waals surface area contributed by atoms with Crippen LogP contribution in [-0.4, -0.2) is 65.9 Å². The van der Waals surface area contributed by atoms with Crippen molar-refractivity contribution in [3.05, 3.63) is 71.3 Å². The van der Waals surface area contributed by atoms with Gasteiger partial charge in [0.2, 0.25) is 5.91 Å². The number of likely N-dealkylation sites (tertiary alicyclic amines) is 1. The van der Waals surface area contributed by atoms with Crippen molar-refractivity contribution < 1.29 is 13.6 Å². The summed E-state index contributed by atoms with van der Waals surface area (Å²) in [6, 6.07) is 12.9. The number of amides is 1. The minimum Gasteiger partial charge on any atom is -0.341 e. The Morgan fingerprint density at radius 2 is 1.17 bits per heavy atom. The van der Waals surface area contributed by atoms with E-state index in [0.29, 0.717) is 0 Å². The van der Waals surface area contributed by atoms with Gasteiger partial charge in [-0.15, -0.1) is 0 Å². The standard InChI is InChI=1S/C24H29F2N3O/c1-18(24(30)29-12-2-3-13-29)27-14-16-28(17-15-27)23(19-4-8-21(25)9-5-19)20-6-10-22(26)11-7-20/h4-11,18,23H,2-3,12-17H2,1H3. The van der Waals surface area contributed by atoms with Crippen LogP contribution in [0.2, 0.25) is 0 Å². The zero-order chi connectivity index (χ0) is 21.1. The second kappa shape index (κ2) is 9.23. The van der Waals surface area contributed by atoms with Gasteiger partial charge in [-0.05, 0) is 55.2 Å². The highest BCUT2D eigenvalue weighted by Crippen LogP contribution is 2.30. The van der Waals surface area contributed by atoms with Crippen molar-refractivity contribution in [2.24, 2.45) is 0 Å². The van der Waals surface area contributed by atoms with Crippen LogP contribution >= 0.6 is 0 Å². The molecule has 0 spiro atoms. The van der Waals surface area contributed by atoms with Gasteiger partial charge in [0.25, 0.3) is 0 Å². The lowest BCUT2D eigenvalue weighted by Gasteiger charge is -2.42. The fourth-order valence-corrected chi connectivity index (χ4v) is 4.65. The van der Waals surface area contributed by atoms with E-state index >= 15 is 0 Å². The van der Waals surface area contributed by atoms with E-state index < -0.39 is 0 Å². The lowest BCUT2D eigenvalue weighted by molar-refractivity contribution is -0.136. The van der Waals surface area contributed by atoms with Crippen molar-refractivity contribution in [3.63, 3.8) is 0 Å². The molecule has 1 atom stereocenters. The molecule has 0 aliphatic carbocycles. The molecule has 0 N–H and O–H groups in total. The van der Waals surface area contributed by atoms with Crippen molar-refractivity contribution in [3.8, 4) is 0 Å². The molecule has 0 bridgehead atoms. The summed E-state index contributed by atoms with van der Waals surface area (Å²) in [4.78, 5) is 19.3. The smallest absolute Gasteiger partial charge is 0.239 e. The van der Waals surface area contributed by atoms with Crippen LogP contribution in [0, 0.1) is 11.6 Å². The Balaban J connectivity index is 1.48. The first-order valence-corrected chi connectivity index (χ1v) is 10.8. The first-order chi connectivity index (χ1) is 14.5. The Hall–Kier alpha value is -2.31. The third-order valence-corrected chi connectivity index (χ3v) is 6.41. The van der Waals surface area contributed by atoms with Gasteiger partial charge in [-0.2, -0.15) is 0 Å². The van der Waals surface area contributed by atoms with Gasteiger partial charge in [0.1, 0.15) is 11.6 Å². The average molecular weight is 414 g/mol. The largest absolute Gasteiger partial charge is 0.341 e. The maximum Gasteiger partial charge on any atom is 0.239 e. The van der Waals surface area contributed by atoms with Gasteiger partial charge in [-0.25, -0.2) is 8.78 Å². The van der Waals surface area contributed by atoms with Gasteiger partial charge in [0, 0.05) is 39.3 Å². The fraction of sp³-hybridized carbons (Fsp3) is 0.458. The van der Waals surface area contributed by atoms with E-state index in [9.17, 15) is 13.6 Å². The van der Waals surface area contributed by atoms with E-state index in [-0.39, 0.29) is 29.6 Å². The number of piperazine rings is 1. The number of hydrogen-bond acceptors (Lipinski definition) is 3. The average Bonchev–Trinajstić information content (AvgIpc) is 3.31. The van der Waals surface area contributed by atoms with Crippen LogP contribution in [0.25, 0.3) is 0 Å². The van der Waals surface area contributed by atoms with Gasteiger partial charge >= 0.3 is 0 Å². The third-order valence-electron chi connectivity index (χ3n) is 6.41. The Labute approximate surface area is 177 Å². The summed E-state index contributed by atoms with van der Waals surface area (Å²) < 4.78 is 27.0. The van der Waals surface area contributed by atoms with Crippen molar-refractivity contribution in [2.45, 2.75) is 31.8 Å². The molecule has 0 aromatic heterocycles. The molecule has 2 fully saturated rings. The molecule has 0 saturated carbocycles. The molecule has 1 amide bonds. The predicted molar refractivity (Wildman–Crippen MR) is 113 cm³/mol. The first kappa shape index (κ1) is 20.9. The summed E-state index contributed by atoms with van der Waals surface area (Å²) in [6.45, 7) is 6.92. The molecule has 2 aromatic rings. The van der Waals surface area contributed by atoms with E-state index in [1.165, 1.54) is 24.3 Å². The second-order valence-electron chi connectivity index (χ2n) is 8.29. The number of carbonyl (C=O) groups is 1. The lowest BCUT2D eigenvalue weighted by atomic mass is 9.96. The fourth-order valence-electron chi connectivity index (χ4n) is 4.65. The quantitative estimate of drug-likeness (QED) is 0.748. The molecule has 2 saturated heterocycles. The van der Waals surface area contributed by atoms with Crippen molar-refractivity contribution in [1.82, 2.24) is 14.7 Å². The van der Waals surface area contributed by atoms with E-state index in [2.05, 4.69) is 9.80 Å². The number of halogens is 2. The normalized spacial score (nSPS) is 19.4. The molecule has 4 rings (SSSR count). The van der Waals surface area contributed by atoms with Crippen molar-refractivity contribution >= 4 is 5.91 Å². The van der Waals surface area contributed by atoms with E-state index in [4.69, 9.17) is 0 Å². The third kappa shape index (κ3) is 4.55. The molecule has 30 heavy (non-hydrogen) atoms. The highest BCUT2D eigenvalue weighted by atomic mass is 19.1. The van der Waals surface area contributed by atoms with Crippen LogP contribution in [0.4, 0.5) is 8.78 Å². The summed E-state index contributed by atoms with van der Waals surface area (Å²) in [6.07, 6.45) is 2.20. The molecular weight excluding hydrogens is 384 g/mol. The summed E-state index contributed by atoms with van der Waals surface area (Å²) in [5.74, 6) is -0.305. The highest BCUT2D eigenvalue weighted by Gasteiger charge is 2.32. The van der Waals surface area contributed by atoms with Gasteiger partial charge in [-0.1, -0.05) is 24.3 Å². The van der Waals surface area contributed by atoms with E-state index in [0.717, 1.165) is 63.2 Å². The maximum atomic E-state index is 13.5. The Morgan fingerprint density at radius 3 is 1.63 bits per heavy atom. The van der Waals surface area contributed by atoms with Gasteiger partial charge in [0.15, 0.2) is 0 Å². The molecular formula is C24H29F2N3O. The molecule has 2 aromatic carbocycles. The minimum absolute atomic E-state index is 0.0714. The summed E-state index contributed by atoms with van der Waals surface area (Å²) in [7, 11) is 0. The molecule has 160 valence electrons. The molecule has 2 aliphatic heterocycles. The number of rotatable bonds is 5. The molecule has 6 heteroatoms. The van der Waals surface area contributed by atoms with Crippen LogP contribution in [0.5, 0.6) is 0 Å². The minimum atomic E-state index is -0.268. The SMILES string of the molecule is CC(C(=O)N1CCCC1)N1CCN(C(c2ccc(F)cc2)c2ccc(F)cc2)CC1. The first-order valence-electron chi connectivity index (χ1n) is 10.8. The molecule has 1 unspecified atom stereocenters. The Kier molecular flexibility index (Phi) is 6.44. The van der Waals surface area contributed by atoms with Crippen LogP contribution in [0.15, 0.2) is 48.5 Å². The van der Waals surface area contributed by atoms with Crippen LogP contribution < -0.4 is 0 Å². The highest BCUT2D eigenvalue weighted by molar-refractivity contribution is 5.81. The van der Waals surface area contributed by atoms with Gasteiger partial charge in [-0.3, -0.25) is 14.6 Å². The van der Waals surface area contributed by atoms with Crippen LogP contribution in [0.1, 0.15) is 36.9 Å². The molecule has 4 nitrogen and oxygen atoms in total. The van der Waals surface area contributed by atoms with Gasteiger partial charge < -0.3 is 4.90 Å². The molecule has 2 aliphatic rings. The summed E-state index contributed by atoms with van der Waals surface area (Å²) in [5, 5.41) is 0. The zero-order valence-electron chi connectivity index (χ0n) is 17.4. The molecule has 0 radical (unpaired) electrons. The van der Waals surface area contributed by atoms with Gasteiger partial charge in [0.05, 0.1) is 12.1 Å². The lowest BCUT2D eigenvalue weighted by Crippen LogP contribution is -2.54. The number of carbonyl (C=O) groups excluding carboxylic acids is 1. The number of benzene rings is 2. The zero-order valence-corrected chi connectivity index (χ0v) is 17.4.